The molecule has 1 heterocycles. The van der Waals surface area contributed by atoms with Gasteiger partial charge in [0, 0.05) is 32.3 Å². The first-order valence-electron chi connectivity index (χ1n) is 6.72. The van der Waals surface area contributed by atoms with E-state index >= 15 is 0 Å². The van der Waals surface area contributed by atoms with Gasteiger partial charge in [0.15, 0.2) is 0 Å². The van der Waals surface area contributed by atoms with Gasteiger partial charge >= 0.3 is 0 Å². The lowest BCUT2D eigenvalue weighted by molar-refractivity contribution is 0.0546. The molecule has 0 saturated carbocycles. The second-order valence-corrected chi connectivity index (χ2v) is 5.03. The Hall–Kier alpha value is -0.120. The molecular formula is C13H28N2O. The molecule has 1 aliphatic rings. The number of likely N-dealkylation sites (N-methyl/N-ethyl adjacent to an activating group) is 1. The zero-order valence-corrected chi connectivity index (χ0v) is 11.2. The van der Waals surface area contributed by atoms with E-state index in [1.807, 2.05) is 0 Å². The van der Waals surface area contributed by atoms with Gasteiger partial charge < -0.3 is 15.0 Å². The Morgan fingerprint density at radius 3 is 2.94 bits per heavy atom. The molecule has 1 saturated heterocycles. The van der Waals surface area contributed by atoms with Crippen molar-refractivity contribution in [3.63, 3.8) is 0 Å². The van der Waals surface area contributed by atoms with Crippen LogP contribution in [-0.4, -0.2) is 50.8 Å². The summed E-state index contributed by atoms with van der Waals surface area (Å²) in [4.78, 5) is 2.42. The van der Waals surface area contributed by atoms with Crippen molar-refractivity contribution in [2.24, 2.45) is 5.92 Å². The van der Waals surface area contributed by atoms with Crippen LogP contribution in [0.5, 0.6) is 0 Å². The Bertz CT molecular complexity index is 165. The average molecular weight is 228 g/mol. The number of hydrogen-bond donors (Lipinski definition) is 1. The highest BCUT2D eigenvalue weighted by Gasteiger charge is 2.13. The topological polar surface area (TPSA) is 24.5 Å². The van der Waals surface area contributed by atoms with Crippen LogP contribution in [-0.2, 0) is 4.74 Å². The van der Waals surface area contributed by atoms with Crippen molar-refractivity contribution in [2.45, 2.75) is 39.2 Å². The third-order valence-electron chi connectivity index (χ3n) is 3.67. The fourth-order valence-electron chi connectivity index (χ4n) is 2.06. The Balaban J connectivity index is 1.98. The van der Waals surface area contributed by atoms with Crippen LogP contribution in [0.25, 0.3) is 0 Å². The van der Waals surface area contributed by atoms with E-state index in [0.717, 1.165) is 38.8 Å². The summed E-state index contributed by atoms with van der Waals surface area (Å²) in [5.41, 5.74) is 0. The van der Waals surface area contributed by atoms with E-state index < -0.39 is 0 Å². The molecule has 0 aromatic rings. The molecule has 1 rings (SSSR count). The first kappa shape index (κ1) is 13.9. The first-order valence-corrected chi connectivity index (χ1v) is 6.72. The fraction of sp³-hybridized carbons (Fsp3) is 1.00. The minimum atomic E-state index is 0.694. The van der Waals surface area contributed by atoms with Gasteiger partial charge in [0.1, 0.15) is 0 Å². The fourth-order valence-corrected chi connectivity index (χ4v) is 2.06. The van der Waals surface area contributed by atoms with Crippen LogP contribution in [0.4, 0.5) is 0 Å². The molecule has 2 unspecified atom stereocenters. The minimum absolute atomic E-state index is 0.694. The van der Waals surface area contributed by atoms with Gasteiger partial charge in [0.25, 0.3) is 0 Å². The lowest BCUT2D eigenvalue weighted by Gasteiger charge is -2.25. The molecule has 0 amide bonds. The van der Waals surface area contributed by atoms with Crippen LogP contribution in [0.1, 0.15) is 33.1 Å². The molecule has 1 aliphatic heterocycles. The quantitative estimate of drug-likeness (QED) is 0.672. The summed E-state index contributed by atoms with van der Waals surface area (Å²) in [6, 6.07) is 0.694. The maximum atomic E-state index is 5.47. The predicted molar refractivity (Wildman–Crippen MR) is 68.8 cm³/mol. The summed E-state index contributed by atoms with van der Waals surface area (Å²) in [5.74, 6) is 0.739. The second kappa shape index (κ2) is 8.04. The van der Waals surface area contributed by atoms with Gasteiger partial charge in [-0.25, -0.2) is 0 Å². The van der Waals surface area contributed by atoms with Crippen LogP contribution < -0.4 is 5.32 Å². The number of ether oxygens (including phenoxy) is 1. The summed E-state index contributed by atoms with van der Waals surface area (Å²) in [6.45, 7) is 9.80. The Kier molecular flexibility index (Phi) is 7.01. The molecular weight excluding hydrogens is 200 g/mol. The third kappa shape index (κ3) is 5.28. The molecule has 1 fully saturated rings. The highest BCUT2D eigenvalue weighted by Crippen LogP contribution is 2.11. The van der Waals surface area contributed by atoms with Crippen LogP contribution in [0, 0.1) is 5.92 Å². The number of nitrogens with zero attached hydrogens (tertiary/aromatic N) is 1. The minimum Gasteiger partial charge on any atom is -0.381 e. The standard InChI is InChI=1S/C13H28N2O/c1-4-12(2)15(3)8-7-14-10-13-6-5-9-16-11-13/h12-14H,4-11H2,1-3H3. The number of nitrogens with one attached hydrogen (secondary N) is 1. The molecule has 0 aliphatic carbocycles. The molecule has 0 spiro atoms. The maximum absolute atomic E-state index is 5.47. The Labute approximate surface area is 101 Å². The van der Waals surface area contributed by atoms with Crippen LogP contribution in [0.15, 0.2) is 0 Å². The molecule has 3 heteroatoms. The van der Waals surface area contributed by atoms with Gasteiger partial charge in [0.05, 0.1) is 6.61 Å². The van der Waals surface area contributed by atoms with E-state index in [9.17, 15) is 0 Å². The van der Waals surface area contributed by atoms with Gasteiger partial charge in [-0.05, 0) is 39.2 Å². The molecule has 0 aromatic carbocycles. The highest BCUT2D eigenvalue weighted by molar-refractivity contribution is 4.67. The molecule has 96 valence electrons. The largest absolute Gasteiger partial charge is 0.381 e. The lowest BCUT2D eigenvalue weighted by atomic mass is 10.0. The Morgan fingerprint density at radius 2 is 2.31 bits per heavy atom. The van der Waals surface area contributed by atoms with E-state index in [-0.39, 0.29) is 0 Å². The van der Waals surface area contributed by atoms with Gasteiger partial charge in [-0.2, -0.15) is 0 Å². The third-order valence-corrected chi connectivity index (χ3v) is 3.67. The summed E-state index contributed by atoms with van der Waals surface area (Å²) >= 11 is 0. The van der Waals surface area contributed by atoms with Gasteiger partial charge in [-0.3, -0.25) is 0 Å². The monoisotopic (exact) mass is 228 g/mol. The zero-order chi connectivity index (χ0) is 11.8. The van der Waals surface area contributed by atoms with Crippen molar-refractivity contribution < 1.29 is 4.74 Å². The van der Waals surface area contributed by atoms with E-state index in [2.05, 4.69) is 31.1 Å². The molecule has 0 radical (unpaired) electrons. The van der Waals surface area contributed by atoms with Crippen molar-refractivity contribution in [3.05, 3.63) is 0 Å². The van der Waals surface area contributed by atoms with E-state index in [0.29, 0.717) is 6.04 Å². The predicted octanol–water partition coefficient (Wildman–Crippen LogP) is 1.73. The van der Waals surface area contributed by atoms with Crippen LogP contribution in [0.3, 0.4) is 0 Å². The molecule has 2 atom stereocenters. The zero-order valence-electron chi connectivity index (χ0n) is 11.2. The Morgan fingerprint density at radius 1 is 1.50 bits per heavy atom. The van der Waals surface area contributed by atoms with E-state index in [1.54, 1.807) is 0 Å². The van der Waals surface area contributed by atoms with Crippen molar-refractivity contribution in [2.75, 3.05) is 39.9 Å². The van der Waals surface area contributed by atoms with Gasteiger partial charge in [-0.15, -0.1) is 0 Å². The highest BCUT2D eigenvalue weighted by atomic mass is 16.5. The first-order chi connectivity index (χ1) is 7.74. The summed E-state index contributed by atoms with van der Waals surface area (Å²) < 4.78 is 5.47. The van der Waals surface area contributed by atoms with Crippen molar-refractivity contribution in [1.82, 2.24) is 10.2 Å². The average Bonchev–Trinajstić information content (AvgIpc) is 2.34. The summed E-state index contributed by atoms with van der Waals surface area (Å²) in [6.07, 6.45) is 3.79. The molecule has 0 bridgehead atoms. The van der Waals surface area contributed by atoms with Crippen LogP contribution in [0.2, 0.25) is 0 Å². The van der Waals surface area contributed by atoms with Gasteiger partial charge in [0.2, 0.25) is 0 Å². The summed E-state index contributed by atoms with van der Waals surface area (Å²) in [7, 11) is 2.21. The van der Waals surface area contributed by atoms with Crippen molar-refractivity contribution >= 4 is 0 Å². The smallest absolute Gasteiger partial charge is 0.0506 e. The summed E-state index contributed by atoms with van der Waals surface area (Å²) in [5, 5.41) is 3.54. The lowest BCUT2D eigenvalue weighted by Crippen LogP contribution is -2.37. The SMILES string of the molecule is CCC(C)N(C)CCNCC1CCCOC1. The molecule has 3 nitrogen and oxygen atoms in total. The number of rotatable bonds is 7. The van der Waals surface area contributed by atoms with E-state index in [4.69, 9.17) is 4.74 Å². The van der Waals surface area contributed by atoms with Gasteiger partial charge in [-0.1, -0.05) is 6.92 Å². The normalized spacial score (nSPS) is 23.6. The van der Waals surface area contributed by atoms with Crippen LogP contribution >= 0.6 is 0 Å². The molecule has 1 N–H and O–H groups in total. The van der Waals surface area contributed by atoms with Crippen molar-refractivity contribution in [1.29, 1.82) is 0 Å². The molecule has 0 aromatic heterocycles. The van der Waals surface area contributed by atoms with Crippen molar-refractivity contribution in [3.8, 4) is 0 Å². The maximum Gasteiger partial charge on any atom is 0.0506 e. The molecule has 16 heavy (non-hydrogen) atoms. The number of hydrogen-bond acceptors (Lipinski definition) is 3. The second-order valence-electron chi connectivity index (χ2n) is 5.03. The van der Waals surface area contributed by atoms with E-state index in [1.165, 1.54) is 19.3 Å².